The van der Waals surface area contributed by atoms with Crippen molar-refractivity contribution in [3.8, 4) is 0 Å². The van der Waals surface area contributed by atoms with Gasteiger partial charge in [0.15, 0.2) is 0 Å². The van der Waals surface area contributed by atoms with Crippen LogP contribution in [0.5, 0.6) is 0 Å². The van der Waals surface area contributed by atoms with Crippen molar-refractivity contribution in [2.45, 2.75) is 25.7 Å². The average molecular weight is 232 g/mol. The first kappa shape index (κ1) is 12.5. The molecule has 0 heterocycles. The second kappa shape index (κ2) is 5.01. The van der Waals surface area contributed by atoms with E-state index in [1.54, 1.807) is 0 Å². The average Bonchev–Trinajstić information content (AvgIpc) is 2.15. The zero-order valence-electron chi connectivity index (χ0n) is 8.58. The fraction of sp³-hybridized carbons (Fsp3) is 0.364. The summed E-state index contributed by atoms with van der Waals surface area (Å²) in [5.74, 6) is -3.75. The molecule has 0 aliphatic rings. The quantitative estimate of drug-likeness (QED) is 0.866. The summed E-state index contributed by atoms with van der Waals surface area (Å²) >= 11 is 0. The zero-order chi connectivity index (χ0) is 12.3. The van der Waals surface area contributed by atoms with E-state index in [1.807, 2.05) is 0 Å². The van der Waals surface area contributed by atoms with Crippen molar-refractivity contribution in [2.24, 2.45) is 0 Å². The Hall–Kier alpha value is -1.52. The van der Waals surface area contributed by atoms with Crippen LogP contribution in [0.1, 0.15) is 23.5 Å². The van der Waals surface area contributed by atoms with Gasteiger partial charge < -0.3 is 5.11 Å². The molecule has 0 aromatic heterocycles. The molecular formula is C11H11F3O2. The minimum absolute atomic E-state index is 0.208. The smallest absolute Gasteiger partial charge is 0.304 e. The van der Waals surface area contributed by atoms with Gasteiger partial charge in [0.2, 0.25) is 6.43 Å². The lowest BCUT2D eigenvalue weighted by atomic mass is 9.92. The van der Waals surface area contributed by atoms with E-state index in [0.717, 1.165) is 6.07 Å². The lowest BCUT2D eigenvalue weighted by molar-refractivity contribution is -0.138. The summed E-state index contributed by atoms with van der Waals surface area (Å²) in [6.45, 7) is 1.48. The molecule has 2 nitrogen and oxygen atoms in total. The molecule has 0 saturated heterocycles. The van der Waals surface area contributed by atoms with Gasteiger partial charge in [-0.2, -0.15) is 0 Å². The Morgan fingerprint density at radius 2 is 2.06 bits per heavy atom. The van der Waals surface area contributed by atoms with E-state index in [-0.39, 0.29) is 5.56 Å². The summed E-state index contributed by atoms with van der Waals surface area (Å²) in [6.07, 6.45) is -3.67. The summed E-state index contributed by atoms with van der Waals surface area (Å²) < 4.78 is 38.7. The van der Waals surface area contributed by atoms with Gasteiger partial charge in [0.25, 0.3) is 0 Å². The maximum Gasteiger partial charge on any atom is 0.304 e. The van der Waals surface area contributed by atoms with Crippen LogP contribution < -0.4 is 0 Å². The number of carbonyl (C=O) groups is 1. The number of carboxylic acids is 1. The molecule has 0 radical (unpaired) electrons. The second-order valence-electron chi connectivity index (χ2n) is 3.51. The molecule has 1 unspecified atom stereocenters. The van der Waals surface area contributed by atoms with Crippen molar-refractivity contribution in [1.82, 2.24) is 0 Å². The summed E-state index contributed by atoms with van der Waals surface area (Å²) in [7, 11) is 0. The molecule has 5 heteroatoms. The number of benzene rings is 1. The highest BCUT2D eigenvalue weighted by molar-refractivity contribution is 5.68. The van der Waals surface area contributed by atoms with Crippen LogP contribution in [0.25, 0.3) is 0 Å². The van der Waals surface area contributed by atoms with Crippen LogP contribution in [0.4, 0.5) is 13.2 Å². The number of hydrogen-bond acceptors (Lipinski definition) is 1. The van der Waals surface area contributed by atoms with Crippen LogP contribution in [0.3, 0.4) is 0 Å². The lowest BCUT2D eigenvalue weighted by Gasteiger charge is -2.17. The molecule has 16 heavy (non-hydrogen) atoms. The first-order valence-corrected chi connectivity index (χ1v) is 4.68. The third kappa shape index (κ3) is 2.74. The van der Waals surface area contributed by atoms with Crippen LogP contribution in [-0.4, -0.2) is 17.5 Å². The Balaban J connectivity index is 3.15. The number of hydrogen-bond donors (Lipinski definition) is 1. The third-order valence-electron chi connectivity index (χ3n) is 2.34. The van der Waals surface area contributed by atoms with Gasteiger partial charge in [-0.15, -0.1) is 0 Å². The fourth-order valence-electron chi connectivity index (χ4n) is 1.62. The maximum atomic E-state index is 13.4. The summed E-state index contributed by atoms with van der Waals surface area (Å²) in [5.41, 5.74) is 0.131. The van der Waals surface area contributed by atoms with Gasteiger partial charge in [-0.1, -0.05) is 12.1 Å². The van der Waals surface area contributed by atoms with Crippen molar-refractivity contribution >= 4 is 5.97 Å². The summed E-state index contributed by atoms with van der Waals surface area (Å²) in [4.78, 5) is 10.5. The normalized spacial score (nSPS) is 12.8. The summed E-state index contributed by atoms with van der Waals surface area (Å²) in [5, 5.41) is 8.52. The van der Waals surface area contributed by atoms with Gasteiger partial charge in [-0.25, -0.2) is 13.2 Å². The molecular weight excluding hydrogens is 221 g/mol. The van der Waals surface area contributed by atoms with Crippen LogP contribution in [0.2, 0.25) is 0 Å². The Morgan fingerprint density at radius 1 is 1.44 bits per heavy atom. The second-order valence-corrected chi connectivity index (χ2v) is 3.51. The monoisotopic (exact) mass is 232 g/mol. The van der Waals surface area contributed by atoms with Crippen molar-refractivity contribution in [1.29, 1.82) is 0 Å². The first-order chi connectivity index (χ1) is 7.43. The Morgan fingerprint density at radius 3 is 2.50 bits per heavy atom. The van der Waals surface area contributed by atoms with Crippen LogP contribution >= 0.6 is 0 Å². The van der Waals surface area contributed by atoms with E-state index in [1.165, 1.54) is 19.1 Å². The Bertz CT molecular complexity index is 371. The molecule has 88 valence electrons. The number of halogens is 3. The minimum Gasteiger partial charge on any atom is -0.481 e. The molecule has 1 N–H and O–H groups in total. The van der Waals surface area contributed by atoms with Gasteiger partial charge in [-0.05, 0) is 18.6 Å². The zero-order valence-corrected chi connectivity index (χ0v) is 8.58. The van der Waals surface area contributed by atoms with Crippen LogP contribution in [0.15, 0.2) is 18.2 Å². The molecule has 1 rings (SSSR count). The first-order valence-electron chi connectivity index (χ1n) is 4.68. The molecule has 0 bridgehead atoms. The number of aliphatic carboxylic acids is 1. The van der Waals surface area contributed by atoms with Gasteiger partial charge in [0.1, 0.15) is 5.82 Å². The van der Waals surface area contributed by atoms with Gasteiger partial charge in [0, 0.05) is 5.56 Å². The van der Waals surface area contributed by atoms with Crippen LogP contribution in [0, 0.1) is 12.7 Å². The number of alkyl halides is 2. The van der Waals surface area contributed by atoms with Crippen molar-refractivity contribution < 1.29 is 23.1 Å². The maximum absolute atomic E-state index is 13.4. The molecule has 1 atom stereocenters. The lowest BCUT2D eigenvalue weighted by Crippen LogP contribution is -2.16. The molecule has 0 fully saturated rings. The molecule has 1 aromatic rings. The van der Waals surface area contributed by atoms with E-state index in [9.17, 15) is 18.0 Å². The largest absolute Gasteiger partial charge is 0.481 e. The highest BCUT2D eigenvalue weighted by Gasteiger charge is 2.28. The predicted octanol–water partition coefficient (Wildman–Crippen LogP) is 2.96. The Kier molecular flexibility index (Phi) is 3.93. The number of rotatable bonds is 4. The number of carboxylic acid groups (broad SMARTS) is 1. The standard InChI is InChI=1S/C11H11F3O2/c1-6-3-2-4-8(12)10(6)7(11(13)14)5-9(15)16/h2-4,7,11H,5H2,1H3,(H,15,16). The van der Waals surface area contributed by atoms with Gasteiger partial charge >= 0.3 is 5.97 Å². The third-order valence-corrected chi connectivity index (χ3v) is 2.34. The predicted molar refractivity (Wildman–Crippen MR) is 52.1 cm³/mol. The SMILES string of the molecule is Cc1cccc(F)c1C(CC(=O)O)C(F)F. The van der Waals surface area contributed by atoms with E-state index in [0.29, 0.717) is 5.56 Å². The minimum atomic E-state index is -2.90. The molecule has 0 aliphatic heterocycles. The van der Waals surface area contributed by atoms with E-state index in [2.05, 4.69) is 0 Å². The fourth-order valence-corrected chi connectivity index (χ4v) is 1.62. The van der Waals surface area contributed by atoms with Crippen molar-refractivity contribution in [3.05, 3.63) is 35.1 Å². The van der Waals surface area contributed by atoms with E-state index >= 15 is 0 Å². The molecule has 0 saturated carbocycles. The van der Waals surface area contributed by atoms with E-state index in [4.69, 9.17) is 5.11 Å². The molecule has 0 spiro atoms. The molecule has 0 amide bonds. The van der Waals surface area contributed by atoms with Gasteiger partial charge in [-0.3, -0.25) is 4.79 Å². The number of aryl methyl sites for hydroxylation is 1. The van der Waals surface area contributed by atoms with Gasteiger partial charge in [0.05, 0.1) is 12.3 Å². The highest BCUT2D eigenvalue weighted by atomic mass is 19.3. The van der Waals surface area contributed by atoms with Crippen molar-refractivity contribution in [3.63, 3.8) is 0 Å². The van der Waals surface area contributed by atoms with Crippen LogP contribution in [-0.2, 0) is 4.79 Å². The molecule has 0 aliphatic carbocycles. The Labute approximate surface area is 90.7 Å². The summed E-state index contributed by atoms with van der Waals surface area (Å²) in [6, 6.07) is 3.94. The van der Waals surface area contributed by atoms with E-state index < -0.39 is 30.6 Å². The molecule has 1 aromatic carbocycles. The van der Waals surface area contributed by atoms with Crippen molar-refractivity contribution in [2.75, 3.05) is 0 Å². The topological polar surface area (TPSA) is 37.3 Å². The highest BCUT2D eigenvalue weighted by Crippen LogP contribution is 2.31.